The van der Waals surface area contributed by atoms with Crippen molar-refractivity contribution in [1.29, 1.82) is 0 Å². The molecule has 1 amide bonds. The number of rotatable bonds is 9. The van der Waals surface area contributed by atoms with Crippen LogP contribution in [0.4, 0.5) is 11.4 Å². The van der Waals surface area contributed by atoms with E-state index >= 15 is 0 Å². The summed E-state index contributed by atoms with van der Waals surface area (Å²) >= 11 is 12.0. The van der Waals surface area contributed by atoms with Crippen LogP contribution in [-0.4, -0.2) is 27.5 Å². The number of nitrogens with one attached hydrogen (secondary N) is 1. The fourth-order valence-electron chi connectivity index (χ4n) is 2.83. The normalized spacial score (nSPS) is 10.9. The van der Waals surface area contributed by atoms with Crippen LogP contribution in [0.1, 0.15) is 0 Å². The van der Waals surface area contributed by atoms with Gasteiger partial charge in [0, 0.05) is 21.8 Å². The van der Waals surface area contributed by atoms with Crippen LogP contribution in [-0.2, 0) is 14.8 Å². The van der Waals surface area contributed by atoms with Crippen LogP contribution < -0.4 is 14.4 Å². The lowest BCUT2D eigenvalue weighted by Gasteiger charge is -2.24. The minimum Gasteiger partial charge on any atom is -0.489 e. The van der Waals surface area contributed by atoms with Gasteiger partial charge in [0.1, 0.15) is 18.9 Å². The number of halogens is 2. The van der Waals surface area contributed by atoms with Crippen LogP contribution in [0.2, 0.25) is 10.0 Å². The summed E-state index contributed by atoms with van der Waals surface area (Å²) in [5.41, 5.74) is 0.720. The number of carbonyl (C=O) groups excluding carboxylic acids is 1. The third-order valence-electron chi connectivity index (χ3n) is 4.27. The van der Waals surface area contributed by atoms with Gasteiger partial charge in [0.25, 0.3) is 10.0 Å². The number of hydrogen-bond donors (Lipinski definition) is 1. The Hall–Kier alpha value is -3.00. The summed E-state index contributed by atoms with van der Waals surface area (Å²) in [6.07, 6.45) is 1.61. The van der Waals surface area contributed by atoms with E-state index in [1.165, 1.54) is 30.3 Å². The Kier molecular flexibility index (Phi) is 7.80. The first kappa shape index (κ1) is 23.7. The van der Waals surface area contributed by atoms with Gasteiger partial charge in [0.15, 0.2) is 0 Å². The fraction of sp³-hybridized carbons (Fsp3) is 0.0870. The van der Waals surface area contributed by atoms with Crippen molar-refractivity contribution in [2.75, 3.05) is 22.8 Å². The van der Waals surface area contributed by atoms with Crippen LogP contribution in [0.15, 0.2) is 90.3 Å². The highest BCUT2D eigenvalue weighted by molar-refractivity contribution is 7.92. The molecule has 0 saturated carbocycles. The molecule has 32 heavy (non-hydrogen) atoms. The Morgan fingerprint density at radius 2 is 1.72 bits per heavy atom. The molecule has 0 aliphatic heterocycles. The number of carbonyl (C=O) groups is 1. The van der Waals surface area contributed by atoms with Crippen LogP contribution in [0, 0.1) is 0 Å². The van der Waals surface area contributed by atoms with Crippen molar-refractivity contribution in [3.05, 3.63) is 95.5 Å². The summed E-state index contributed by atoms with van der Waals surface area (Å²) in [4.78, 5) is 12.8. The van der Waals surface area contributed by atoms with Crippen molar-refractivity contribution in [3.63, 3.8) is 0 Å². The minimum absolute atomic E-state index is 0.00509. The molecule has 6 nitrogen and oxygen atoms in total. The van der Waals surface area contributed by atoms with Gasteiger partial charge in [-0.25, -0.2) is 8.42 Å². The van der Waals surface area contributed by atoms with Gasteiger partial charge in [0.2, 0.25) is 5.91 Å². The maximum absolute atomic E-state index is 13.3. The summed E-state index contributed by atoms with van der Waals surface area (Å²) in [6, 6.07) is 18.8. The molecule has 0 fully saturated rings. The molecule has 0 atom stereocenters. The highest BCUT2D eigenvalue weighted by Gasteiger charge is 2.27. The topological polar surface area (TPSA) is 75.7 Å². The van der Waals surface area contributed by atoms with Crippen LogP contribution in [0.25, 0.3) is 0 Å². The smallest absolute Gasteiger partial charge is 0.264 e. The van der Waals surface area contributed by atoms with Gasteiger partial charge in [-0.2, -0.15) is 0 Å². The van der Waals surface area contributed by atoms with Gasteiger partial charge in [-0.1, -0.05) is 48.0 Å². The minimum atomic E-state index is -4.08. The Balaban J connectivity index is 1.88. The molecule has 3 aromatic carbocycles. The average Bonchev–Trinajstić information content (AvgIpc) is 2.76. The first-order chi connectivity index (χ1) is 15.3. The van der Waals surface area contributed by atoms with Crippen molar-refractivity contribution in [2.24, 2.45) is 0 Å². The molecule has 0 unspecified atom stereocenters. The van der Waals surface area contributed by atoms with E-state index in [1.54, 1.807) is 48.5 Å². The Morgan fingerprint density at radius 3 is 2.41 bits per heavy atom. The second-order valence-corrected chi connectivity index (χ2v) is 9.36. The van der Waals surface area contributed by atoms with Crippen molar-refractivity contribution in [3.8, 4) is 5.75 Å². The fourth-order valence-corrected chi connectivity index (χ4v) is 4.55. The molecule has 0 aliphatic rings. The van der Waals surface area contributed by atoms with Gasteiger partial charge < -0.3 is 10.1 Å². The number of sulfonamides is 1. The Morgan fingerprint density at radius 1 is 1.00 bits per heavy atom. The molecule has 0 aromatic heterocycles. The predicted octanol–water partition coefficient (Wildman–Crippen LogP) is 5.39. The van der Waals surface area contributed by atoms with E-state index in [4.69, 9.17) is 27.9 Å². The van der Waals surface area contributed by atoms with E-state index in [1.807, 2.05) is 0 Å². The molecule has 0 aliphatic carbocycles. The SMILES string of the molecule is C=CCOc1cccc(NC(=O)CN(c2cccc(Cl)c2)S(=O)(=O)c2ccc(Cl)cc2)c1. The molecular weight excluding hydrogens is 471 g/mol. The lowest BCUT2D eigenvalue weighted by Crippen LogP contribution is -2.38. The van der Waals surface area contributed by atoms with Crippen LogP contribution in [0.5, 0.6) is 5.75 Å². The highest BCUT2D eigenvalue weighted by Crippen LogP contribution is 2.27. The monoisotopic (exact) mass is 490 g/mol. The predicted molar refractivity (Wildman–Crippen MR) is 128 cm³/mol. The largest absolute Gasteiger partial charge is 0.489 e. The maximum Gasteiger partial charge on any atom is 0.264 e. The van der Waals surface area contributed by atoms with Crippen molar-refractivity contribution in [1.82, 2.24) is 0 Å². The molecule has 0 saturated heterocycles. The van der Waals surface area contributed by atoms with E-state index in [2.05, 4.69) is 11.9 Å². The van der Waals surface area contributed by atoms with E-state index in [0.717, 1.165) is 4.31 Å². The van der Waals surface area contributed by atoms with Crippen molar-refractivity contribution in [2.45, 2.75) is 4.90 Å². The molecule has 9 heteroatoms. The lowest BCUT2D eigenvalue weighted by molar-refractivity contribution is -0.114. The molecule has 3 rings (SSSR count). The summed E-state index contributed by atoms with van der Waals surface area (Å²) < 4.78 is 33.1. The molecule has 1 N–H and O–H groups in total. The molecule has 0 heterocycles. The summed E-state index contributed by atoms with van der Waals surface area (Å²) in [5.74, 6) is 0.00608. The Bertz CT molecular complexity index is 1210. The van der Waals surface area contributed by atoms with E-state index < -0.39 is 22.5 Å². The number of benzene rings is 3. The van der Waals surface area contributed by atoms with Gasteiger partial charge >= 0.3 is 0 Å². The van der Waals surface area contributed by atoms with Crippen LogP contribution >= 0.6 is 23.2 Å². The zero-order valence-electron chi connectivity index (χ0n) is 16.9. The molecule has 166 valence electrons. The number of amides is 1. The molecule has 0 radical (unpaired) electrons. The van der Waals surface area contributed by atoms with Gasteiger partial charge in [-0.3, -0.25) is 9.10 Å². The summed E-state index contributed by atoms with van der Waals surface area (Å²) in [6.45, 7) is 3.44. The third-order valence-corrected chi connectivity index (χ3v) is 6.55. The zero-order valence-corrected chi connectivity index (χ0v) is 19.2. The summed E-state index contributed by atoms with van der Waals surface area (Å²) in [5, 5.41) is 3.44. The quantitative estimate of drug-likeness (QED) is 0.407. The lowest BCUT2D eigenvalue weighted by atomic mass is 10.3. The van der Waals surface area contributed by atoms with Gasteiger partial charge in [0.05, 0.1) is 10.6 Å². The van der Waals surface area contributed by atoms with Crippen molar-refractivity contribution >= 4 is 50.5 Å². The zero-order chi connectivity index (χ0) is 23.1. The maximum atomic E-state index is 13.3. The third kappa shape index (κ3) is 6.03. The number of hydrogen-bond acceptors (Lipinski definition) is 4. The first-order valence-electron chi connectivity index (χ1n) is 9.47. The summed E-state index contributed by atoms with van der Waals surface area (Å²) in [7, 11) is -4.08. The van der Waals surface area contributed by atoms with Crippen molar-refractivity contribution < 1.29 is 17.9 Å². The standard InChI is InChI=1S/C23H20Cl2N2O4S/c1-2-13-31-21-8-4-6-19(15-21)26-23(28)16-27(20-7-3-5-18(25)14-20)32(29,30)22-11-9-17(24)10-12-22/h2-12,14-15H,1,13,16H2,(H,26,28). The van der Waals surface area contributed by atoms with E-state index in [-0.39, 0.29) is 10.6 Å². The molecule has 0 spiro atoms. The number of nitrogens with zero attached hydrogens (tertiary/aromatic N) is 1. The highest BCUT2D eigenvalue weighted by atomic mass is 35.5. The number of anilines is 2. The molecular formula is C23H20Cl2N2O4S. The first-order valence-corrected chi connectivity index (χ1v) is 11.7. The van der Waals surface area contributed by atoms with Gasteiger partial charge in [-0.05, 0) is 54.6 Å². The average molecular weight is 491 g/mol. The van der Waals surface area contributed by atoms with Gasteiger partial charge in [-0.15, -0.1) is 0 Å². The molecule has 3 aromatic rings. The number of ether oxygens (including phenoxy) is 1. The Labute approximate surface area is 197 Å². The van der Waals surface area contributed by atoms with Crippen LogP contribution in [0.3, 0.4) is 0 Å². The second kappa shape index (κ2) is 10.5. The molecule has 0 bridgehead atoms. The van der Waals surface area contributed by atoms with E-state index in [9.17, 15) is 13.2 Å². The van der Waals surface area contributed by atoms with E-state index in [0.29, 0.717) is 28.1 Å². The second-order valence-electron chi connectivity index (χ2n) is 6.62.